The Morgan fingerprint density at radius 3 is 2.26 bits per heavy atom. The molecule has 104 valence electrons. The maximum atomic E-state index is 10.2. The van der Waals surface area contributed by atoms with Gasteiger partial charge in [-0.2, -0.15) is 0 Å². The van der Waals surface area contributed by atoms with E-state index in [-0.39, 0.29) is 0 Å². The fraction of sp³-hybridized carbons (Fsp3) is 0.375. The van der Waals surface area contributed by atoms with Crippen molar-refractivity contribution in [1.29, 1.82) is 0 Å². The Bertz CT molecular complexity index is 376. The van der Waals surface area contributed by atoms with E-state index in [4.69, 9.17) is 4.74 Å². The zero-order valence-electron chi connectivity index (χ0n) is 11.6. The van der Waals surface area contributed by atoms with Gasteiger partial charge in [0, 0.05) is 19.6 Å². The second-order valence-electron chi connectivity index (χ2n) is 4.31. The molecule has 1 rings (SSSR count). The summed E-state index contributed by atoms with van der Waals surface area (Å²) in [5.41, 5.74) is 0.890. The molecule has 0 fully saturated rings. The van der Waals surface area contributed by atoms with Crippen molar-refractivity contribution in [2.24, 2.45) is 0 Å². The van der Waals surface area contributed by atoms with E-state index in [9.17, 15) is 5.11 Å². The fourth-order valence-corrected chi connectivity index (χ4v) is 1.89. The highest BCUT2D eigenvalue weighted by atomic mass is 16.5. The van der Waals surface area contributed by atoms with Gasteiger partial charge in [0.15, 0.2) is 0 Å². The zero-order valence-corrected chi connectivity index (χ0v) is 11.6. The van der Waals surface area contributed by atoms with Gasteiger partial charge in [0.2, 0.25) is 0 Å². The minimum atomic E-state index is -0.518. The lowest BCUT2D eigenvalue weighted by Gasteiger charge is -2.22. The van der Waals surface area contributed by atoms with E-state index in [0.29, 0.717) is 13.2 Å². The van der Waals surface area contributed by atoms with Gasteiger partial charge in [-0.05, 0) is 24.6 Å². The monoisotopic (exact) mass is 261 g/mol. The Balaban J connectivity index is 2.62. The van der Waals surface area contributed by atoms with Crippen molar-refractivity contribution in [3.63, 3.8) is 0 Å². The van der Waals surface area contributed by atoms with E-state index < -0.39 is 6.10 Å². The topological polar surface area (TPSA) is 32.7 Å². The van der Waals surface area contributed by atoms with Gasteiger partial charge >= 0.3 is 0 Å². The molecule has 19 heavy (non-hydrogen) atoms. The van der Waals surface area contributed by atoms with Crippen molar-refractivity contribution in [2.75, 3.05) is 26.2 Å². The molecule has 0 amide bonds. The Hall–Kier alpha value is -1.58. The van der Waals surface area contributed by atoms with Gasteiger partial charge in [-0.3, -0.25) is 4.90 Å². The van der Waals surface area contributed by atoms with Crippen LogP contribution in [0.5, 0.6) is 5.75 Å². The highest BCUT2D eigenvalue weighted by Gasteiger charge is 2.11. The van der Waals surface area contributed by atoms with Gasteiger partial charge in [-0.1, -0.05) is 24.3 Å². The summed E-state index contributed by atoms with van der Waals surface area (Å²) in [6.45, 7) is 12.1. The largest absolute Gasteiger partial charge is 0.494 e. The first-order valence-electron chi connectivity index (χ1n) is 6.56. The molecule has 0 aliphatic carbocycles. The predicted molar refractivity (Wildman–Crippen MR) is 79.4 cm³/mol. The summed E-state index contributed by atoms with van der Waals surface area (Å²) in [6.07, 6.45) is 3.14. The minimum absolute atomic E-state index is 0.518. The van der Waals surface area contributed by atoms with Gasteiger partial charge in [-0.15, -0.1) is 13.2 Å². The van der Waals surface area contributed by atoms with Gasteiger partial charge in [0.1, 0.15) is 5.75 Å². The molecule has 3 nitrogen and oxygen atoms in total. The molecule has 1 aromatic carbocycles. The van der Waals surface area contributed by atoms with Crippen molar-refractivity contribution in [3.8, 4) is 5.75 Å². The van der Waals surface area contributed by atoms with Crippen LogP contribution in [0.15, 0.2) is 49.6 Å². The standard InChI is InChI=1S/C16H23NO2/c1-4-11-17(12-5-2)13-16(18)14-7-9-15(10-8-14)19-6-3/h4-5,7-10,16,18H,1-2,6,11-13H2,3H3. The van der Waals surface area contributed by atoms with E-state index in [0.717, 1.165) is 24.4 Å². The summed E-state index contributed by atoms with van der Waals surface area (Å²) in [6, 6.07) is 7.56. The summed E-state index contributed by atoms with van der Waals surface area (Å²) in [5.74, 6) is 0.826. The van der Waals surface area contributed by atoms with Crippen molar-refractivity contribution in [2.45, 2.75) is 13.0 Å². The molecule has 1 aromatic rings. The zero-order chi connectivity index (χ0) is 14.1. The quantitative estimate of drug-likeness (QED) is 0.694. The normalized spacial score (nSPS) is 12.2. The molecular formula is C16H23NO2. The Morgan fingerprint density at radius 1 is 1.21 bits per heavy atom. The molecular weight excluding hydrogens is 238 g/mol. The smallest absolute Gasteiger partial charge is 0.119 e. The van der Waals surface area contributed by atoms with Crippen LogP contribution in [0.1, 0.15) is 18.6 Å². The maximum absolute atomic E-state index is 10.2. The van der Waals surface area contributed by atoms with Crippen LogP contribution in [-0.4, -0.2) is 36.2 Å². The Labute approximate surface area is 115 Å². The molecule has 0 saturated heterocycles. The van der Waals surface area contributed by atoms with Crippen molar-refractivity contribution in [1.82, 2.24) is 4.90 Å². The third-order valence-electron chi connectivity index (χ3n) is 2.78. The fourth-order valence-electron chi connectivity index (χ4n) is 1.89. The first-order chi connectivity index (χ1) is 9.21. The summed E-state index contributed by atoms with van der Waals surface area (Å²) in [5, 5.41) is 10.2. The number of benzene rings is 1. The number of rotatable bonds is 9. The van der Waals surface area contributed by atoms with E-state index in [1.165, 1.54) is 0 Å². The predicted octanol–water partition coefficient (Wildman–Crippen LogP) is 2.79. The lowest BCUT2D eigenvalue weighted by molar-refractivity contribution is 0.125. The Kier molecular flexibility index (Phi) is 6.93. The first kappa shape index (κ1) is 15.5. The Morgan fingerprint density at radius 2 is 1.79 bits per heavy atom. The molecule has 0 radical (unpaired) electrons. The molecule has 0 aliphatic rings. The number of nitrogens with zero attached hydrogens (tertiary/aromatic N) is 1. The second-order valence-corrected chi connectivity index (χ2v) is 4.31. The van der Waals surface area contributed by atoms with E-state index in [2.05, 4.69) is 18.1 Å². The summed E-state index contributed by atoms with van der Waals surface area (Å²) in [7, 11) is 0. The maximum Gasteiger partial charge on any atom is 0.119 e. The molecule has 0 saturated carbocycles. The van der Waals surface area contributed by atoms with E-state index in [1.54, 1.807) is 0 Å². The molecule has 0 aromatic heterocycles. The average Bonchev–Trinajstić information content (AvgIpc) is 2.40. The molecule has 1 N–H and O–H groups in total. The second kappa shape index (κ2) is 8.51. The van der Waals surface area contributed by atoms with E-state index >= 15 is 0 Å². The third kappa shape index (κ3) is 5.28. The SMILES string of the molecule is C=CCN(CC=C)CC(O)c1ccc(OCC)cc1. The number of hydrogen-bond acceptors (Lipinski definition) is 3. The van der Waals surface area contributed by atoms with Crippen LogP contribution in [0.4, 0.5) is 0 Å². The summed E-state index contributed by atoms with van der Waals surface area (Å²) < 4.78 is 5.38. The van der Waals surface area contributed by atoms with Crippen LogP contribution in [0.3, 0.4) is 0 Å². The van der Waals surface area contributed by atoms with Gasteiger partial charge in [0.25, 0.3) is 0 Å². The number of aliphatic hydroxyl groups is 1. The third-order valence-corrected chi connectivity index (χ3v) is 2.78. The molecule has 1 atom stereocenters. The van der Waals surface area contributed by atoms with Crippen molar-refractivity contribution in [3.05, 3.63) is 55.1 Å². The van der Waals surface area contributed by atoms with Crippen LogP contribution in [0.2, 0.25) is 0 Å². The lowest BCUT2D eigenvalue weighted by Crippen LogP contribution is -2.29. The summed E-state index contributed by atoms with van der Waals surface area (Å²) in [4.78, 5) is 2.08. The number of hydrogen-bond donors (Lipinski definition) is 1. The molecule has 0 aliphatic heterocycles. The van der Waals surface area contributed by atoms with Gasteiger partial charge in [-0.25, -0.2) is 0 Å². The lowest BCUT2D eigenvalue weighted by atomic mass is 10.1. The molecule has 0 bridgehead atoms. The van der Waals surface area contributed by atoms with E-state index in [1.807, 2.05) is 43.3 Å². The highest BCUT2D eigenvalue weighted by Crippen LogP contribution is 2.18. The minimum Gasteiger partial charge on any atom is -0.494 e. The van der Waals surface area contributed by atoms with Crippen LogP contribution in [0, 0.1) is 0 Å². The summed E-state index contributed by atoms with van der Waals surface area (Å²) >= 11 is 0. The van der Waals surface area contributed by atoms with Crippen LogP contribution in [-0.2, 0) is 0 Å². The molecule has 3 heteroatoms. The highest BCUT2D eigenvalue weighted by molar-refractivity contribution is 5.28. The molecule has 0 heterocycles. The van der Waals surface area contributed by atoms with Crippen LogP contribution in [0.25, 0.3) is 0 Å². The van der Waals surface area contributed by atoms with Crippen LogP contribution >= 0.6 is 0 Å². The number of aliphatic hydroxyl groups excluding tert-OH is 1. The van der Waals surface area contributed by atoms with Crippen molar-refractivity contribution < 1.29 is 9.84 Å². The molecule has 0 spiro atoms. The average molecular weight is 261 g/mol. The number of ether oxygens (including phenoxy) is 1. The molecule has 1 unspecified atom stereocenters. The van der Waals surface area contributed by atoms with Crippen molar-refractivity contribution >= 4 is 0 Å². The van der Waals surface area contributed by atoms with Gasteiger partial charge in [0.05, 0.1) is 12.7 Å². The van der Waals surface area contributed by atoms with Gasteiger partial charge < -0.3 is 9.84 Å². The first-order valence-corrected chi connectivity index (χ1v) is 6.56. The van der Waals surface area contributed by atoms with Crippen LogP contribution < -0.4 is 4.74 Å².